The Bertz CT molecular complexity index is 398. The lowest BCUT2D eigenvalue weighted by molar-refractivity contribution is 0.568. The minimum absolute atomic E-state index is 0.599. The van der Waals surface area contributed by atoms with E-state index in [-0.39, 0.29) is 0 Å². The lowest BCUT2D eigenvalue weighted by Gasteiger charge is -1.99. The molecule has 0 unspecified atom stereocenters. The first-order valence-corrected chi connectivity index (χ1v) is 4.44. The van der Waals surface area contributed by atoms with Crippen LogP contribution in [0.1, 0.15) is 5.69 Å². The van der Waals surface area contributed by atoms with Crippen LogP contribution in [0.15, 0.2) is 35.3 Å². The normalized spacial score (nSPS) is 10.4. The Morgan fingerprint density at radius 3 is 3.00 bits per heavy atom. The van der Waals surface area contributed by atoms with Crippen molar-refractivity contribution in [3.63, 3.8) is 0 Å². The van der Waals surface area contributed by atoms with Gasteiger partial charge in [-0.3, -0.25) is 0 Å². The Kier molecular flexibility index (Phi) is 2.55. The summed E-state index contributed by atoms with van der Waals surface area (Å²) in [6.45, 7) is 0.599. The van der Waals surface area contributed by atoms with Gasteiger partial charge in [-0.2, -0.15) is 0 Å². The van der Waals surface area contributed by atoms with Crippen LogP contribution in [-0.4, -0.2) is 16.5 Å². The van der Waals surface area contributed by atoms with Gasteiger partial charge in [-0.1, -0.05) is 0 Å². The summed E-state index contributed by atoms with van der Waals surface area (Å²) in [5.41, 5.74) is 7.30. The Labute approximate surface area is 81.8 Å². The summed E-state index contributed by atoms with van der Waals surface area (Å²) in [4.78, 5) is 8.51. The van der Waals surface area contributed by atoms with Gasteiger partial charge < -0.3 is 10.2 Å². The van der Waals surface area contributed by atoms with Crippen LogP contribution in [0.25, 0.3) is 11.4 Å². The number of rotatable bonds is 3. The third kappa shape index (κ3) is 1.80. The molecule has 0 fully saturated rings. The number of hydrogen-bond acceptors (Lipinski definition) is 4. The van der Waals surface area contributed by atoms with Crippen molar-refractivity contribution in [2.24, 2.45) is 5.73 Å². The maximum Gasteiger partial charge on any atom is 0.162 e. The highest BCUT2D eigenvalue weighted by molar-refractivity contribution is 5.52. The largest absolute Gasteiger partial charge is 0.472 e. The summed E-state index contributed by atoms with van der Waals surface area (Å²) in [5.74, 6) is 0.685. The van der Waals surface area contributed by atoms with Crippen LogP contribution in [0.5, 0.6) is 0 Å². The molecule has 4 nitrogen and oxygen atoms in total. The minimum atomic E-state index is 0.599. The fourth-order valence-corrected chi connectivity index (χ4v) is 1.21. The summed E-state index contributed by atoms with van der Waals surface area (Å²) in [6.07, 6.45) is 5.74. The molecular formula is C10H11N3O. The van der Waals surface area contributed by atoms with Crippen LogP contribution in [0.2, 0.25) is 0 Å². The van der Waals surface area contributed by atoms with Gasteiger partial charge in [0.1, 0.15) is 6.26 Å². The molecule has 0 radical (unpaired) electrons. The first kappa shape index (κ1) is 8.90. The molecule has 0 saturated carbocycles. The summed E-state index contributed by atoms with van der Waals surface area (Å²) in [7, 11) is 0. The zero-order valence-corrected chi connectivity index (χ0v) is 7.68. The number of nitrogens with two attached hydrogens (primary N) is 1. The van der Waals surface area contributed by atoms with Crippen LogP contribution >= 0.6 is 0 Å². The molecule has 0 saturated heterocycles. The molecule has 2 heterocycles. The fraction of sp³-hybridized carbons (Fsp3) is 0.200. The lowest BCUT2D eigenvalue weighted by Crippen LogP contribution is -2.05. The summed E-state index contributed by atoms with van der Waals surface area (Å²) in [6, 6.07) is 3.71. The fourth-order valence-electron chi connectivity index (χ4n) is 1.21. The van der Waals surface area contributed by atoms with E-state index in [1.165, 1.54) is 0 Å². The van der Waals surface area contributed by atoms with E-state index in [4.69, 9.17) is 10.2 Å². The van der Waals surface area contributed by atoms with Gasteiger partial charge in [-0.05, 0) is 18.7 Å². The standard InChI is InChI=1S/C10H11N3O/c11-4-1-9-2-5-12-10(13-9)8-3-6-14-7-8/h2-3,5-7H,1,4,11H2. The highest BCUT2D eigenvalue weighted by Crippen LogP contribution is 2.14. The first-order valence-electron chi connectivity index (χ1n) is 4.44. The van der Waals surface area contributed by atoms with Crippen LogP contribution in [0, 0.1) is 0 Å². The van der Waals surface area contributed by atoms with E-state index in [2.05, 4.69) is 9.97 Å². The molecule has 0 atom stereocenters. The van der Waals surface area contributed by atoms with Crippen molar-refractivity contribution < 1.29 is 4.42 Å². The monoisotopic (exact) mass is 189 g/mol. The van der Waals surface area contributed by atoms with E-state index in [1.54, 1.807) is 18.7 Å². The highest BCUT2D eigenvalue weighted by atomic mass is 16.3. The van der Waals surface area contributed by atoms with Gasteiger partial charge in [-0.25, -0.2) is 9.97 Å². The molecule has 4 heteroatoms. The number of furan rings is 1. The number of aromatic nitrogens is 2. The predicted octanol–water partition coefficient (Wildman–Crippen LogP) is 1.24. The average molecular weight is 189 g/mol. The molecule has 0 spiro atoms. The second-order valence-corrected chi connectivity index (χ2v) is 2.92. The zero-order valence-electron chi connectivity index (χ0n) is 7.68. The number of hydrogen-bond donors (Lipinski definition) is 1. The third-order valence-electron chi connectivity index (χ3n) is 1.89. The smallest absolute Gasteiger partial charge is 0.162 e. The van der Waals surface area contributed by atoms with Crippen LogP contribution < -0.4 is 5.73 Å². The Morgan fingerprint density at radius 1 is 1.36 bits per heavy atom. The van der Waals surface area contributed by atoms with Crippen molar-refractivity contribution in [1.82, 2.24) is 9.97 Å². The molecule has 0 bridgehead atoms. The minimum Gasteiger partial charge on any atom is -0.472 e. The van der Waals surface area contributed by atoms with Crippen LogP contribution in [0.3, 0.4) is 0 Å². The molecule has 14 heavy (non-hydrogen) atoms. The molecule has 0 amide bonds. The maximum atomic E-state index is 5.45. The Morgan fingerprint density at radius 2 is 2.29 bits per heavy atom. The molecule has 2 N–H and O–H groups in total. The van der Waals surface area contributed by atoms with Crippen LogP contribution in [-0.2, 0) is 6.42 Å². The van der Waals surface area contributed by atoms with Gasteiger partial charge in [0.25, 0.3) is 0 Å². The van der Waals surface area contributed by atoms with Crippen molar-refractivity contribution in [3.8, 4) is 11.4 Å². The molecule has 2 aromatic rings. The maximum absolute atomic E-state index is 5.45. The molecule has 2 rings (SSSR count). The van der Waals surface area contributed by atoms with Crippen molar-refractivity contribution in [1.29, 1.82) is 0 Å². The van der Waals surface area contributed by atoms with Crippen molar-refractivity contribution >= 4 is 0 Å². The summed E-state index contributed by atoms with van der Waals surface area (Å²) >= 11 is 0. The molecule has 2 aromatic heterocycles. The molecule has 72 valence electrons. The average Bonchev–Trinajstić information content (AvgIpc) is 2.71. The first-order chi connectivity index (χ1) is 6.90. The van der Waals surface area contributed by atoms with Crippen molar-refractivity contribution in [2.45, 2.75) is 6.42 Å². The van der Waals surface area contributed by atoms with E-state index in [0.29, 0.717) is 12.4 Å². The molecule has 0 aromatic carbocycles. The van der Waals surface area contributed by atoms with Crippen molar-refractivity contribution in [2.75, 3.05) is 6.54 Å². The van der Waals surface area contributed by atoms with Gasteiger partial charge in [0.15, 0.2) is 5.82 Å². The zero-order chi connectivity index (χ0) is 9.80. The molecule has 0 aliphatic carbocycles. The molecular weight excluding hydrogens is 178 g/mol. The predicted molar refractivity (Wildman–Crippen MR) is 52.5 cm³/mol. The van der Waals surface area contributed by atoms with Gasteiger partial charge in [0.05, 0.1) is 11.8 Å². The highest BCUT2D eigenvalue weighted by Gasteiger charge is 2.02. The Balaban J connectivity index is 2.31. The molecule has 0 aliphatic rings. The van der Waals surface area contributed by atoms with E-state index in [0.717, 1.165) is 17.7 Å². The van der Waals surface area contributed by atoms with Gasteiger partial charge in [-0.15, -0.1) is 0 Å². The molecule has 0 aliphatic heterocycles. The summed E-state index contributed by atoms with van der Waals surface area (Å²) in [5, 5.41) is 0. The van der Waals surface area contributed by atoms with E-state index >= 15 is 0 Å². The van der Waals surface area contributed by atoms with E-state index in [9.17, 15) is 0 Å². The second-order valence-electron chi connectivity index (χ2n) is 2.92. The second kappa shape index (κ2) is 4.02. The summed E-state index contributed by atoms with van der Waals surface area (Å²) < 4.78 is 4.96. The number of nitrogens with zero attached hydrogens (tertiary/aromatic N) is 2. The van der Waals surface area contributed by atoms with E-state index in [1.807, 2.05) is 12.1 Å². The third-order valence-corrected chi connectivity index (χ3v) is 1.89. The topological polar surface area (TPSA) is 64.9 Å². The van der Waals surface area contributed by atoms with Crippen LogP contribution in [0.4, 0.5) is 0 Å². The lowest BCUT2D eigenvalue weighted by atomic mass is 10.2. The van der Waals surface area contributed by atoms with E-state index < -0.39 is 0 Å². The van der Waals surface area contributed by atoms with Gasteiger partial charge in [0, 0.05) is 18.3 Å². The van der Waals surface area contributed by atoms with Gasteiger partial charge >= 0.3 is 0 Å². The van der Waals surface area contributed by atoms with Gasteiger partial charge in [0.2, 0.25) is 0 Å². The SMILES string of the molecule is NCCc1ccnc(-c2ccoc2)n1. The van der Waals surface area contributed by atoms with Crippen molar-refractivity contribution in [3.05, 3.63) is 36.5 Å². The quantitative estimate of drug-likeness (QED) is 0.788. The Hall–Kier alpha value is -1.68.